The van der Waals surface area contributed by atoms with Gasteiger partial charge < -0.3 is 53.5 Å². The number of pyridine rings is 1. The molecule has 5 aromatic rings. The maximum Gasteiger partial charge on any atom is 0.409 e. The van der Waals surface area contributed by atoms with E-state index in [2.05, 4.69) is 71.1 Å². The highest BCUT2D eigenvalue weighted by Crippen LogP contribution is 2.46. The molecule has 3 aromatic carbocycles. The van der Waals surface area contributed by atoms with Gasteiger partial charge in [-0.1, -0.05) is 56.3 Å². The number of benzene rings is 3. The summed E-state index contributed by atoms with van der Waals surface area (Å²) >= 11 is 0. The number of amides is 4. The number of rotatable bonds is 12. The standard InChI is InChI=1S/C62H79N9O10/c1-11-70-52-18-17-40-27-46(52)48(56(70)47-29-43(31-63-53(47)36(2)78-8)68-21-19-66(6)20-22-68)30-62(4,5)35-81-60(76)54-45-28-42(45)32-71(65-54)59(75)51(25-38-23-41(40)26-44(72)24-38)64-57(73)55(37(3)79-9)67(7)58(74)50-34-69(61(77)80-10)33-49(50)39-15-13-12-14-16-39/h12-18,23-24,26-27,29,31,36-37,42,45,49-51,54-55,65,72H,11,19-22,25,28,30,32-35H2,1-10H3,(H,64,73)/t36-,37+,42?,45-,49+,50+,51-,54-,55-/m0/s1. The summed E-state index contributed by atoms with van der Waals surface area (Å²) in [6, 6.07) is 19.9. The molecule has 4 fully saturated rings. The largest absolute Gasteiger partial charge is 0.508 e. The predicted octanol–water partition coefficient (Wildman–Crippen LogP) is 6.40. The molecule has 4 aliphatic heterocycles. The molecule has 1 unspecified atom stereocenters. The Morgan fingerprint density at radius 1 is 0.938 bits per heavy atom. The Morgan fingerprint density at radius 2 is 1.69 bits per heavy atom. The van der Waals surface area contributed by atoms with Gasteiger partial charge in [-0.05, 0) is 111 Å². The van der Waals surface area contributed by atoms with Gasteiger partial charge in [0.15, 0.2) is 0 Å². The van der Waals surface area contributed by atoms with Gasteiger partial charge in [0.2, 0.25) is 11.8 Å². The number of nitrogens with zero attached hydrogens (tertiary/aromatic N) is 7. The number of nitrogens with one attached hydrogen (secondary N) is 2. The van der Waals surface area contributed by atoms with Crippen LogP contribution in [0.5, 0.6) is 5.75 Å². The third-order valence-electron chi connectivity index (χ3n) is 17.7. The number of anilines is 1. The first-order valence-electron chi connectivity index (χ1n) is 28.5. The van der Waals surface area contributed by atoms with Crippen LogP contribution in [0, 0.1) is 23.2 Å². The van der Waals surface area contributed by atoms with Crippen molar-refractivity contribution in [2.45, 2.75) is 96.7 Å². The number of aromatic hydroxyl groups is 1. The van der Waals surface area contributed by atoms with Crippen molar-refractivity contribution in [2.75, 3.05) is 92.7 Å². The van der Waals surface area contributed by atoms with E-state index in [0.717, 1.165) is 76.4 Å². The van der Waals surface area contributed by atoms with Crippen molar-refractivity contribution in [1.82, 2.24) is 40.0 Å². The van der Waals surface area contributed by atoms with Crippen molar-refractivity contribution in [2.24, 2.45) is 23.2 Å². The Balaban J connectivity index is 1.05. The first kappa shape index (κ1) is 57.2. The summed E-state index contributed by atoms with van der Waals surface area (Å²) in [4.78, 5) is 85.3. The number of likely N-dealkylation sites (tertiary alicyclic amines) is 1. The molecule has 1 saturated carbocycles. The Labute approximate surface area is 474 Å². The lowest BCUT2D eigenvalue weighted by molar-refractivity contribution is -0.156. The molecular formula is C62H79N9O10. The number of likely N-dealkylation sites (N-methyl/N-ethyl adjacent to an activating group) is 2. The van der Waals surface area contributed by atoms with Gasteiger partial charge >= 0.3 is 12.1 Å². The van der Waals surface area contributed by atoms with Crippen LogP contribution >= 0.6 is 0 Å². The Kier molecular flexibility index (Phi) is 16.5. The van der Waals surface area contributed by atoms with Gasteiger partial charge in [0.1, 0.15) is 23.9 Å². The van der Waals surface area contributed by atoms with Gasteiger partial charge in [0, 0.05) is 108 Å². The summed E-state index contributed by atoms with van der Waals surface area (Å²) in [7, 11) is 8.13. The number of aromatic nitrogens is 2. The summed E-state index contributed by atoms with van der Waals surface area (Å²) in [6.07, 6.45) is 1.37. The second-order valence-corrected chi connectivity index (χ2v) is 23.7. The first-order chi connectivity index (χ1) is 38.8. The van der Waals surface area contributed by atoms with Gasteiger partial charge in [0.25, 0.3) is 5.91 Å². The molecular weight excluding hydrogens is 1030 g/mol. The molecule has 5 aliphatic rings. The number of piperazine rings is 1. The van der Waals surface area contributed by atoms with E-state index in [1.54, 1.807) is 26.2 Å². The average molecular weight is 1110 g/mol. The molecule has 432 valence electrons. The summed E-state index contributed by atoms with van der Waals surface area (Å²) < 4.78 is 25.6. The zero-order valence-electron chi connectivity index (χ0n) is 48.4. The fourth-order valence-electron chi connectivity index (χ4n) is 12.9. The van der Waals surface area contributed by atoms with Crippen LogP contribution < -0.4 is 15.6 Å². The number of phenolic OH excluding ortho intramolecular Hbond substituents is 1. The number of ether oxygens (including phenoxy) is 4. The number of aryl methyl sites for hydroxylation is 1. The molecule has 6 bridgehead atoms. The smallest absolute Gasteiger partial charge is 0.409 e. The Hall–Kier alpha value is -7.06. The monoisotopic (exact) mass is 1110 g/mol. The second kappa shape index (κ2) is 23.4. The molecule has 19 nitrogen and oxygen atoms in total. The topological polar surface area (TPSA) is 201 Å². The molecule has 1 aliphatic carbocycles. The molecule has 6 heterocycles. The van der Waals surface area contributed by atoms with Crippen LogP contribution in [0.25, 0.3) is 33.3 Å². The number of cyclic esters (lactones) is 1. The van der Waals surface area contributed by atoms with Crippen LogP contribution in [-0.4, -0.2) is 176 Å². The molecule has 4 amide bonds. The molecule has 3 N–H and O–H groups in total. The summed E-state index contributed by atoms with van der Waals surface area (Å²) in [5, 5.41) is 17.1. The molecule has 0 radical (unpaired) electrons. The molecule has 9 atom stereocenters. The third-order valence-corrected chi connectivity index (χ3v) is 17.7. The average Bonchev–Trinajstić information content (AvgIpc) is 3.73. The van der Waals surface area contributed by atoms with E-state index in [9.17, 15) is 19.5 Å². The Morgan fingerprint density at radius 3 is 2.40 bits per heavy atom. The highest BCUT2D eigenvalue weighted by Gasteiger charge is 2.54. The van der Waals surface area contributed by atoms with Crippen molar-refractivity contribution >= 4 is 46.4 Å². The van der Waals surface area contributed by atoms with Crippen LogP contribution in [0.1, 0.15) is 75.4 Å². The number of carbonyl (C=O) groups excluding carboxylic acids is 5. The molecule has 10 rings (SSSR count). The summed E-state index contributed by atoms with van der Waals surface area (Å²) in [5.74, 6) is -3.21. The normalized spacial score (nSPS) is 24.1. The Bertz CT molecular complexity index is 3180. The quantitative estimate of drug-likeness (QED) is 0.116. The number of methoxy groups -OCH3 is 3. The van der Waals surface area contributed by atoms with Gasteiger partial charge in [-0.25, -0.2) is 10.2 Å². The second-order valence-electron chi connectivity index (χ2n) is 23.7. The van der Waals surface area contributed by atoms with E-state index in [0.29, 0.717) is 37.1 Å². The van der Waals surface area contributed by atoms with Gasteiger partial charge in [-0.2, -0.15) is 0 Å². The maximum atomic E-state index is 15.2. The van der Waals surface area contributed by atoms with Crippen molar-refractivity contribution in [3.63, 3.8) is 0 Å². The highest BCUT2D eigenvalue weighted by molar-refractivity contribution is 5.97. The molecule has 2 aromatic heterocycles. The maximum absolute atomic E-state index is 15.2. The number of hydrogen-bond acceptors (Lipinski definition) is 14. The number of fused-ring (bicyclic) bond motifs is 8. The van der Waals surface area contributed by atoms with Crippen molar-refractivity contribution in [1.29, 1.82) is 0 Å². The van der Waals surface area contributed by atoms with Crippen LogP contribution in [0.3, 0.4) is 0 Å². The number of carbonyl (C=O) groups is 5. The van der Waals surface area contributed by atoms with Gasteiger partial charge in [-0.15, -0.1) is 0 Å². The van der Waals surface area contributed by atoms with E-state index >= 15 is 9.59 Å². The lowest BCUT2D eigenvalue weighted by atomic mass is 9.84. The fourth-order valence-corrected chi connectivity index (χ4v) is 12.9. The van der Waals surface area contributed by atoms with Crippen LogP contribution in [0.2, 0.25) is 0 Å². The zero-order chi connectivity index (χ0) is 57.6. The lowest BCUT2D eigenvalue weighted by Crippen LogP contribution is -2.63. The minimum atomic E-state index is -1.26. The van der Waals surface area contributed by atoms with Crippen molar-refractivity contribution in [3.05, 3.63) is 101 Å². The van der Waals surface area contributed by atoms with Crippen LogP contribution in [-0.2, 0) is 57.5 Å². The lowest BCUT2D eigenvalue weighted by Gasteiger charge is -2.37. The van der Waals surface area contributed by atoms with Crippen LogP contribution in [0.15, 0.2) is 79.0 Å². The minimum Gasteiger partial charge on any atom is -0.508 e. The van der Waals surface area contributed by atoms with Gasteiger partial charge in [-0.3, -0.25) is 29.2 Å². The van der Waals surface area contributed by atoms with Crippen molar-refractivity contribution < 1.29 is 48.0 Å². The summed E-state index contributed by atoms with van der Waals surface area (Å²) in [6.45, 7) is 15.0. The van der Waals surface area contributed by atoms with E-state index in [4.69, 9.17) is 23.9 Å². The number of phenols is 1. The number of hydrogen-bond donors (Lipinski definition) is 3. The number of hydrazine groups is 1. The van der Waals surface area contributed by atoms with E-state index in [1.807, 2.05) is 55.6 Å². The predicted molar refractivity (Wildman–Crippen MR) is 307 cm³/mol. The van der Waals surface area contributed by atoms with Gasteiger partial charge in [0.05, 0.1) is 55.1 Å². The van der Waals surface area contributed by atoms with E-state index in [-0.39, 0.29) is 49.8 Å². The summed E-state index contributed by atoms with van der Waals surface area (Å²) in [5.41, 5.74) is 11.5. The number of esters is 1. The molecule has 3 saturated heterocycles. The zero-order valence-corrected chi connectivity index (χ0v) is 48.4. The minimum absolute atomic E-state index is 0.0159. The fraction of sp³-hybridized carbons (Fsp3) is 0.516. The van der Waals surface area contributed by atoms with E-state index < -0.39 is 71.3 Å². The van der Waals surface area contributed by atoms with Crippen LogP contribution in [0.4, 0.5) is 10.5 Å². The van der Waals surface area contributed by atoms with Crippen molar-refractivity contribution in [3.8, 4) is 28.1 Å². The molecule has 81 heavy (non-hydrogen) atoms. The SMILES string of the molecule is CCn1c(-c2cc(N3CCN(C)CC3)cnc2[C@H](C)OC)c2c3cc(ccc31)-c1cc(O)cc(c1)C[C@H](NC(=O)[C@H]([C@@H](C)OC)N(C)C(=O)[C@@H]1CN(C(=O)OC)C[C@@H]1c1ccccc1)C(=O)N1CC3C[C@@H]3[C@H](N1)C(=O)OCC(C)(C)C2. The first-order valence-corrected chi connectivity index (χ1v) is 28.5. The third kappa shape index (κ3) is 11.6. The molecule has 0 spiro atoms. The highest BCUT2D eigenvalue weighted by atomic mass is 16.5. The van der Waals surface area contributed by atoms with E-state index in [1.165, 1.54) is 36.1 Å². The molecule has 19 heteroatoms.